The van der Waals surface area contributed by atoms with Gasteiger partial charge in [0.25, 0.3) is 0 Å². The van der Waals surface area contributed by atoms with Gasteiger partial charge in [0.2, 0.25) is 0 Å². The summed E-state index contributed by atoms with van der Waals surface area (Å²) in [6.07, 6.45) is -1.85. The van der Waals surface area contributed by atoms with Gasteiger partial charge in [-0.15, -0.1) is 0 Å². The van der Waals surface area contributed by atoms with Gasteiger partial charge < -0.3 is 5.32 Å². The van der Waals surface area contributed by atoms with Crippen molar-refractivity contribution in [2.45, 2.75) is 32.5 Å². The van der Waals surface area contributed by atoms with Crippen LogP contribution in [-0.4, -0.2) is 31.1 Å². The zero-order valence-electron chi connectivity index (χ0n) is 12.4. The quantitative estimate of drug-likeness (QED) is 0.895. The zero-order valence-corrected chi connectivity index (χ0v) is 12.4. The van der Waals surface area contributed by atoms with E-state index in [2.05, 4.69) is 17.1 Å². The van der Waals surface area contributed by atoms with Crippen LogP contribution >= 0.6 is 0 Å². The Balaban J connectivity index is 1.89. The molecule has 21 heavy (non-hydrogen) atoms. The lowest BCUT2D eigenvalue weighted by atomic mass is 9.97. The van der Waals surface area contributed by atoms with Crippen molar-refractivity contribution in [3.8, 4) is 0 Å². The second kappa shape index (κ2) is 7.27. The summed E-state index contributed by atoms with van der Waals surface area (Å²) in [5.41, 5.74) is 0.377. The Kier molecular flexibility index (Phi) is 5.65. The number of likely N-dealkylation sites (tertiary alicyclic amines) is 1. The molecule has 0 aromatic heterocycles. The topological polar surface area (TPSA) is 15.3 Å². The molecule has 2 nitrogen and oxygen atoms in total. The van der Waals surface area contributed by atoms with Crippen molar-refractivity contribution in [3.63, 3.8) is 0 Å². The van der Waals surface area contributed by atoms with Gasteiger partial charge in [-0.05, 0) is 56.1 Å². The molecule has 0 aliphatic carbocycles. The fourth-order valence-electron chi connectivity index (χ4n) is 2.87. The van der Waals surface area contributed by atoms with Crippen LogP contribution in [0.4, 0.5) is 13.2 Å². The number of hydrogen-bond acceptors (Lipinski definition) is 2. The van der Waals surface area contributed by atoms with Gasteiger partial charge in [-0.1, -0.05) is 19.1 Å². The number of rotatable bonds is 5. The third kappa shape index (κ3) is 5.00. The summed E-state index contributed by atoms with van der Waals surface area (Å²) < 4.78 is 37.6. The first-order chi connectivity index (χ1) is 9.99. The number of alkyl halides is 3. The molecule has 1 atom stereocenters. The molecular weight excluding hydrogens is 277 g/mol. The molecule has 1 heterocycles. The fraction of sp³-hybridized carbons (Fsp3) is 0.625. The Bertz CT molecular complexity index is 428. The minimum atomic E-state index is -4.25. The van der Waals surface area contributed by atoms with Crippen LogP contribution in [-0.2, 0) is 12.7 Å². The van der Waals surface area contributed by atoms with Crippen LogP contribution in [0.1, 0.15) is 30.9 Å². The number of benzene rings is 1. The minimum Gasteiger partial charge on any atom is -0.317 e. The van der Waals surface area contributed by atoms with Gasteiger partial charge in [-0.3, -0.25) is 4.90 Å². The standard InChI is InChI=1S/C16H23F3N2/c1-2-20-10-14-4-3-9-21(12-14)11-13-5-7-15(8-6-13)16(17,18)19/h5-8,14,20H,2-4,9-12H2,1H3. The van der Waals surface area contributed by atoms with Gasteiger partial charge in [0.1, 0.15) is 0 Å². The minimum absolute atomic E-state index is 0.574. The van der Waals surface area contributed by atoms with Crippen LogP contribution in [0.15, 0.2) is 24.3 Å². The molecule has 1 fully saturated rings. The van der Waals surface area contributed by atoms with Crippen molar-refractivity contribution in [1.82, 2.24) is 10.2 Å². The predicted molar refractivity (Wildman–Crippen MR) is 78.0 cm³/mol. The predicted octanol–water partition coefficient (Wildman–Crippen LogP) is 3.53. The molecule has 1 aromatic rings. The first-order valence-electron chi connectivity index (χ1n) is 7.58. The van der Waals surface area contributed by atoms with E-state index in [1.807, 2.05) is 0 Å². The van der Waals surface area contributed by atoms with E-state index in [-0.39, 0.29) is 0 Å². The molecule has 0 saturated carbocycles. The Morgan fingerprint density at radius 1 is 1.24 bits per heavy atom. The van der Waals surface area contributed by atoms with Crippen molar-refractivity contribution < 1.29 is 13.2 Å². The van der Waals surface area contributed by atoms with E-state index in [1.165, 1.54) is 18.6 Å². The van der Waals surface area contributed by atoms with Crippen LogP contribution in [0.25, 0.3) is 0 Å². The third-order valence-electron chi connectivity index (χ3n) is 3.97. The highest BCUT2D eigenvalue weighted by Crippen LogP contribution is 2.29. The maximum Gasteiger partial charge on any atom is 0.416 e. The molecule has 1 saturated heterocycles. The van der Waals surface area contributed by atoms with Crippen LogP contribution in [0.2, 0.25) is 0 Å². The average Bonchev–Trinajstić information content (AvgIpc) is 2.45. The second-order valence-electron chi connectivity index (χ2n) is 5.75. The van der Waals surface area contributed by atoms with Crippen LogP contribution < -0.4 is 5.32 Å². The Labute approximate surface area is 124 Å². The fourth-order valence-corrected chi connectivity index (χ4v) is 2.87. The molecule has 1 aliphatic heterocycles. The number of piperidine rings is 1. The van der Waals surface area contributed by atoms with Crippen molar-refractivity contribution in [1.29, 1.82) is 0 Å². The third-order valence-corrected chi connectivity index (χ3v) is 3.97. The normalized spacial score (nSPS) is 20.7. The maximum absolute atomic E-state index is 12.5. The summed E-state index contributed by atoms with van der Waals surface area (Å²) in [4.78, 5) is 2.34. The summed E-state index contributed by atoms with van der Waals surface area (Å²) in [6, 6.07) is 5.54. The summed E-state index contributed by atoms with van der Waals surface area (Å²) in [5, 5.41) is 3.37. The molecule has 1 aliphatic rings. The molecule has 0 amide bonds. The lowest BCUT2D eigenvalue weighted by Crippen LogP contribution is -2.39. The maximum atomic E-state index is 12.5. The van der Waals surface area contributed by atoms with Crippen molar-refractivity contribution in [2.24, 2.45) is 5.92 Å². The molecule has 1 N–H and O–H groups in total. The van der Waals surface area contributed by atoms with Gasteiger partial charge in [0.05, 0.1) is 5.56 Å². The van der Waals surface area contributed by atoms with Gasteiger partial charge >= 0.3 is 6.18 Å². The van der Waals surface area contributed by atoms with E-state index in [9.17, 15) is 13.2 Å². The lowest BCUT2D eigenvalue weighted by Gasteiger charge is -2.33. The molecule has 0 radical (unpaired) electrons. The SMILES string of the molecule is CCNCC1CCCN(Cc2ccc(C(F)(F)F)cc2)C1. The molecule has 0 bridgehead atoms. The summed E-state index contributed by atoms with van der Waals surface area (Å²) in [5.74, 6) is 0.646. The van der Waals surface area contributed by atoms with E-state index in [0.717, 1.165) is 44.7 Å². The zero-order chi connectivity index (χ0) is 15.3. The molecular formula is C16H23F3N2. The highest BCUT2D eigenvalue weighted by atomic mass is 19.4. The Morgan fingerprint density at radius 2 is 1.95 bits per heavy atom. The Hall–Kier alpha value is -1.07. The van der Waals surface area contributed by atoms with Crippen LogP contribution in [0.3, 0.4) is 0 Å². The van der Waals surface area contributed by atoms with Crippen molar-refractivity contribution >= 4 is 0 Å². The van der Waals surface area contributed by atoms with E-state index in [4.69, 9.17) is 0 Å². The number of nitrogens with one attached hydrogen (secondary N) is 1. The van der Waals surface area contributed by atoms with Crippen LogP contribution in [0, 0.1) is 5.92 Å². The highest BCUT2D eigenvalue weighted by molar-refractivity contribution is 5.24. The number of hydrogen-bond donors (Lipinski definition) is 1. The van der Waals surface area contributed by atoms with Gasteiger partial charge in [0, 0.05) is 13.1 Å². The summed E-state index contributed by atoms with van der Waals surface area (Å²) in [7, 11) is 0. The molecule has 0 spiro atoms. The molecule has 118 valence electrons. The van der Waals surface area contributed by atoms with Gasteiger partial charge in [-0.25, -0.2) is 0 Å². The highest BCUT2D eigenvalue weighted by Gasteiger charge is 2.30. The van der Waals surface area contributed by atoms with E-state index in [1.54, 1.807) is 12.1 Å². The first-order valence-corrected chi connectivity index (χ1v) is 7.58. The number of nitrogens with zero attached hydrogens (tertiary/aromatic N) is 1. The van der Waals surface area contributed by atoms with Gasteiger partial charge in [-0.2, -0.15) is 13.2 Å². The van der Waals surface area contributed by atoms with E-state index < -0.39 is 11.7 Å². The number of halogens is 3. The Morgan fingerprint density at radius 3 is 2.57 bits per heavy atom. The molecule has 1 aromatic carbocycles. The van der Waals surface area contributed by atoms with E-state index in [0.29, 0.717) is 5.92 Å². The smallest absolute Gasteiger partial charge is 0.317 e. The average molecular weight is 300 g/mol. The lowest BCUT2D eigenvalue weighted by molar-refractivity contribution is -0.137. The summed E-state index contributed by atoms with van der Waals surface area (Å²) >= 11 is 0. The monoisotopic (exact) mass is 300 g/mol. The van der Waals surface area contributed by atoms with Crippen molar-refractivity contribution in [2.75, 3.05) is 26.2 Å². The molecule has 1 unspecified atom stereocenters. The van der Waals surface area contributed by atoms with Crippen molar-refractivity contribution in [3.05, 3.63) is 35.4 Å². The second-order valence-corrected chi connectivity index (χ2v) is 5.75. The largest absolute Gasteiger partial charge is 0.416 e. The first kappa shape index (κ1) is 16.3. The molecule has 5 heteroatoms. The van der Waals surface area contributed by atoms with Gasteiger partial charge in [0.15, 0.2) is 0 Å². The van der Waals surface area contributed by atoms with Crippen LogP contribution in [0.5, 0.6) is 0 Å². The summed E-state index contributed by atoms with van der Waals surface area (Å²) in [6.45, 7) is 6.90. The molecule has 2 rings (SSSR count). The van der Waals surface area contributed by atoms with E-state index >= 15 is 0 Å².